The summed E-state index contributed by atoms with van der Waals surface area (Å²) >= 11 is 0. The number of benzene rings is 1. The van der Waals surface area contributed by atoms with Gasteiger partial charge in [0.2, 0.25) is 12.0 Å². The second kappa shape index (κ2) is 7.82. The lowest BCUT2D eigenvalue weighted by atomic mass is 9.99. The summed E-state index contributed by atoms with van der Waals surface area (Å²) in [5.74, 6) is -0.0603. The van der Waals surface area contributed by atoms with E-state index in [1.165, 1.54) is 13.2 Å². The zero-order valence-corrected chi connectivity index (χ0v) is 13.2. The molecule has 1 heterocycles. The van der Waals surface area contributed by atoms with Gasteiger partial charge in [0, 0.05) is 0 Å². The average molecular weight is 342 g/mol. The quantitative estimate of drug-likeness (QED) is 0.430. The molecule has 5 N–H and O–H groups in total. The predicted octanol–water partition coefficient (Wildman–Crippen LogP) is -0.692. The highest BCUT2D eigenvalue weighted by Gasteiger charge is 2.45. The first-order valence-electron chi connectivity index (χ1n) is 7.40. The number of aliphatic hydroxyl groups excluding tert-OH is 4. The van der Waals surface area contributed by atoms with Crippen molar-refractivity contribution in [3.8, 4) is 17.2 Å². The van der Waals surface area contributed by atoms with Crippen LogP contribution >= 0.6 is 0 Å². The molecule has 1 aromatic carbocycles. The molecule has 0 bridgehead atoms. The summed E-state index contributed by atoms with van der Waals surface area (Å²) in [6, 6.07) is 3.06. The largest absolute Gasteiger partial charge is 0.504 e. The Bertz CT molecular complexity index is 573. The van der Waals surface area contributed by atoms with Gasteiger partial charge in [0.15, 0.2) is 11.5 Å². The zero-order valence-electron chi connectivity index (χ0n) is 13.2. The van der Waals surface area contributed by atoms with Crippen LogP contribution in [0.5, 0.6) is 17.2 Å². The maximum absolute atomic E-state index is 10.0. The summed E-state index contributed by atoms with van der Waals surface area (Å²) in [6.07, 6.45) is -4.96. The van der Waals surface area contributed by atoms with Crippen LogP contribution in [0.1, 0.15) is 5.56 Å². The maximum Gasteiger partial charge on any atom is 0.229 e. The lowest BCUT2D eigenvalue weighted by molar-refractivity contribution is -0.277. The fourth-order valence-electron chi connectivity index (χ4n) is 2.51. The van der Waals surface area contributed by atoms with Crippen molar-refractivity contribution in [3.63, 3.8) is 0 Å². The molecule has 0 aromatic heterocycles. The molecule has 0 aliphatic carbocycles. The van der Waals surface area contributed by atoms with Gasteiger partial charge in [0.25, 0.3) is 0 Å². The monoisotopic (exact) mass is 342 g/mol. The van der Waals surface area contributed by atoms with Gasteiger partial charge in [-0.3, -0.25) is 0 Å². The van der Waals surface area contributed by atoms with Crippen LogP contribution in [0.15, 0.2) is 24.8 Å². The van der Waals surface area contributed by atoms with Crippen LogP contribution in [-0.2, 0) is 11.2 Å². The van der Waals surface area contributed by atoms with Crippen LogP contribution in [-0.4, -0.2) is 70.0 Å². The molecule has 8 nitrogen and oxygen atoms in total. The summed E-state index contributed by atoms with van der Waals surface area (Å²) in [4.78, 5) is 0. The highest BCUT2D eigenvalue weighted by atomic mass is 16.7. The van der Waals surface area contributed by atoms with Gasteiger partial charge in [0.1, 0.15) is 24.4 Å². The summed E-state index contributed by atoms with van der Waals surface area (Å²) in [6.45, 7) is 3.05. The van der Waals surface area contributed by atoms with Crippen LogP contribution in [0.4, 0.5) is 0 Å². The minimum atomic E-state index is -1.56. The van der Waals surface area contributed by atoms with E-state index in [1.807, 2.05) is 0 Å². The number of ether oxygens (including phenoxy) is 3. The first-order chi connectivity index (χ1) is 11.4. The van der Waals surface area contributed by atoms with Crippen LogP contribution in [0.2, 0.25) is 0 Å². The van der Waals surface area contributed by atoms with Crippen LogP contribution in [0, 0.1) is 0 Å². The molecule has 0 saturated carbocycles. The lowest BCUT2D eigenvalue weighted by Gasteiger charge is -2.39. The molecule has 0 radical (unpaired) electrons. The van der Waals surface area contributed by atoms with E-state index in [0.717, 1.165) is 0 Å². The van der Waals surface area contributed by atoms with E-state index in [9.17, 15) is 25.5 Å². The standard InChI is InChI=1S/C16H22O8/c1-3-4-8-5-9(18)15(22-2)10(6-8)23-16-14(21)13(20)12(19)11(7-17)24-16/h3,5-6,11-14,16-21H,1,4,7H2,2H3. The molecule has 0 amide bonds. The highest BCUT2D eigenvalue weighted by molar-refractivity contribution is 5.53. The predicted molar refractivity (Wildman–Crippen MR) is 83.0 cm³/mol. The number of methoxy groups -OCH3 is 1. The topological polar surface area (TPSA) is 129 Å². The number of aliphatic hydroxyl groups is 4. The second-order valence-electron chi connectivity index (χ2n) is 5.45. The van der Waals surface area contributed by atoms with Crippen molar-refractivity contribution < 1.29 is 39.7 Å². The second-order valence-corrected chi connectivity index (χ2v) is 5.45. The van der Waals surface area contributed by atoms with Crippen molar-refractivity contribution >= 4 is 0 Å². The molecule has 2 rings (SSSR count). The Balaban J connectivity index is 2.30. The number of rotatable bonds is 6. The molecule has 134 valence electrons. The number of phenols is 1. The third kappa shape index (κ3) is 3.63. The Labute approximate surface area is 139 Å². The number of aromatic hydroxyl groups is 1. The molecule has 5 unspecified atom stereocenters. The molecule has 5 atom stereocenters. The van der Waals surface area contributed by atoms with Crippen LogP contribution < -0.4 is 9.47 Å². The molecule has 1 aliphatic heterocycles. The van der Waals surface area contributed by atoms with Gasteiger partial charge >= 0.3 is 0 Å². The number of allylic oxidation sites excluding steroid dienone is 1. The fourth-order valence-corrected chi connectivity index (χ4v) is 2.51. The minimum absolute atomic E-state index is 0.0276. The Morgan fingerprint density at radius 2 is 1.92 bits per heavy atom. The minimum Gasteiger partial charge on any atom is -0.504 e. The summed E-state index contributed by atoms with van der Waals surface area (Å²) in [5, 5.41) is 48.8. The smallest absolute Gasteiger partial charge is 0.229 e. The van der Waals surface area contributed by atoms with E-state index >= 15 is 0 Å². The summed E-state index contributed by atoms with van der Waals surface area (Å²) in [5.41, 5.74) is 0.683. The van der Waals surface area contributed by atoms with Crippen LogP contribution in [0.25, 0.3) is 0 Å². The molecule has 1 aromatic rings. The Morgan fingerprint density at radius 3 is 2.50 bits per heavy atom. The molecular weight excluding hydrogens is 320 g/mol. The number of hydrogen-bond acceptors (Lipinski definition) is 8. The van der Waals surface area contributed by atoms with Gasteiger partial charge in [-0.05, 0) is 24.1 Å². The highest BCUT2D eigenvalue weighted by Crippen LogP contribution is 2.39. The summed E-state index contributed by atoms with van der Waals surface area (Å²) < 4.78 is 15.9. The first kappa shape index (κ1) is 18.5. The molecular formula is C16H22O8. The summed E-state index contributed by atoms with van der Waals surface area (Å²) in [7, 11) is 1.34. The van der Waals surface area contributed by atoms with Crippen molar-refractivity contribution in [1.29, 1.82) is 0 Å². The van der Waals surface area contributed by atoms with Crippen LogP contribution in [0.3, 0.4) is 0 Å². The molecule has 0 spiro atoms. The maximum atomic E-state index is 10.0. The normalized spacial score (nSPS) is 30.0. The van der Waals surface area contributed by atoms with Crippen molar-refractivity contribution in [2.24, 2.45) is 0 Å². The number of hydrogen-bond donors (Lipinski definition) is 5. The molecule has 1 aliphatic rings. The van der Waals surface area contributed by atoms with Gasteiger partial charge in [-0.2, -0.15) is 0 Å². The van der Waals surface area contributed by atoms with Crippen molar-refractivity contribution in [2.45, 2.75) is 37.1 Å². The van der Waals surface area contributed by atoms with E-state index < -0.39 is 37.3 Å². The van der Waals surface area contributed by atoms with Gasteiger partial charge in [-0.1, -0.05) is 6.08 Å². The SMILES string of the molecule is C=CCc1cc(O)c(OC)c(OC2OC(CO)C(O)C(O)C2O)c1. The van der Waals surface area contributed by atoms with Gasteiger partial charge in [0.05, 0.1) is 13.7 Å². The van der Waals surface area contributed by atoms with E-state index in [4.69, 9.17) is 14.2 Å². The van der Waals surface area contributed by atoms with E-state index in [2.05, 4.69) is 6.58 Å². The Kier molecular flexibility index (Phi) is 6.03. The van der Waals surface area contributed by atoms with Crippen molar-refractivity contribution in [1.82, 2.24) is 0 Å². The van der Waals surface area contributed by atoms with Gasteiger partial charge in [-0.25, -0.2) is 0 Å². The van der Waals surface area contributed by atoms with E-state index in [1.54, 1.807) is 12.1 Å². The fraction of sp³-hybridized carbons (Fsp3) is 0.500. The lowest BCUT2D eigenvalue weighted by Crippen LogP contribution is -2.60. The van der Waals surface area contributed by atoms with E-state index in [-0.39, 0.29) is 17.2 Å². The molecule has 24 heavy (non-hydrogen) atoms. The molecule has 1 fully saturated rings. The van der Waals surface area contributed by atoms with Crippen molar-refractivity contribution in [2.75, 3.05) is 13.7 Å². The van der Waals surface area contributed by atoms with E-state index in [0.29, 0.717) is 12.0 Å². The van der Waals surface area contributed by atoms with Gasteiger partial charge in [-0.15, -0.1) is 6.58 Å². The zero-order chi connectivity index (χ0) is 17.9. The molecule has 1 saturated heterocycles. The van der Waals surface area contributed by atoms with Crippen molar-refractivity contribution in [3.05, 3.63) is 30.4 Å². The average Bonchev–Trinajstić information content (AvgIpc) is 2.55. The third-order valence-electron chi connectivity index (χ3n) is 3.77. The number of phenolic OH excluding ortho intramolecular Hbond substituents is 1. The van der Waals surface area contributed by atoms with Gasteiger partial charge < -0.3 is 39.7 Å². The Morgan fingerprint density at radius 1 is 1.21 bits per heavy atom. The Hall–Kier alpha value is -1.84. The molecule has 8 heteroatoms. The third-order valence-corrected chi connectivity index (χ3v) is 3.77. The first-order valence-corrected chi connectivity index (χ1v) is 7.40.